The third kappa shape index (κ3) is 7.02. The number of aryl methyl sites for hydroxylation is 1. The predicted octanol–water partition coefficient (Wildman–Crippen LogP) is 2.94. The number of likely N-dealkylation sites (tertiary alicyclic amines) is 1. The first-order valence-corrected chi connectivity index (χ1v) is 13.3. The number of fused-ring (bicyclic) bond motifs is 5. The molecule has 10 nitrogen and oxygen atoms in total. The van der Waals surface area contributed by atoms with Gasteiger partial charge in [-0.25, -0.2) is 4.79 Å². The largest absolute Gasteiger partial charge is 0.478 e. The molecule has 1 aromatic heterocycles. The highest BCUT2D eigenvalue weighted by molar-refractivity contribution is 5.98. The van der Waals surface area contributed by atoms with Crippen molar-refractivity contribution in [3.05, 3.63) is 88.7 Å². The number of carboxylic acid groups (broad SMARTS) is 1. The Hall–Kier alpha value is -4.28. The molecule has 5 rings (SSSR count). The molecule has 4 bridgehead atoms. The number of hydrogen-bond donors (Lipinski definition) is 3. The van der Waals surface area contributed by atoms with Gasteiger partial charge in [0.25, 0.3) is 5.91 Å². The molecule has 0 spiro atoms. The van der Waals surface area contributed by atoms with Crippen molar-refractivity contribution in [2.75, 3.05) is 26.2 Å². The second kappa shape index (κ2) is 12.3. The second-order valence-electron chi connectivity index (χ2n) is 10.1. The number of amides is 2. The number of benzene rings is 2. The van der Waals surface area contributed by atoms with Gasteiger partial charge in [0.05, 0.1) is 24.3 Å². The van der Waals surface area contributed by atoms with Crippen LogP contribution in [0.5, 0.6) is 11.5 Å². The van der Waals surface area contributed by atoms with Gasteiger partial charge in [-0.3, -0.25) is 19.5 Å². The summed E-state index contributed by atoms with van der Waals surface area (Å²) in [7, 11) is 0. The van der Waals surface area contributed by atoms with E-state index in [1.54, 1.807) is 6.07 Å². The van der Waals surface area contributed by atoms with E-state index < -0.39 is 11.9 Å². The molecule has 1 saturated heterocycles. The monoisotopic (exact) mass is 544 g/mol. The van der Waals surface area contributed by atoms with Gasteiger partial charge in [0.15, 0.2) is 0 Å². The summed E-state index contributed by atoms with van der Waals surface area (Å²) in [5.74, 6) is -1.15. The molecule has 2 aliphatic rings. The van der Waals surface area contributed by atoms with E-state index >= 15 is 0 Å². The van der Waals surface area contributed by atoms with E-state index in [1.165, 1.54) is 18.2 Å². The molecule has 1 fully saturated rings. The average Bonchev–Trinajstić information content (AvgIpc) is 3.31. The quantitative estimate of drug-likeness (QED) is 0.457. The van der Waals surface area contributed by atoms with Crippen molar-refractivity contribution < 1.29 is 29.0 Å². The molecule has 2 amide bonds. The zero-order valence-corrected chi connectivity index (χ0v) is 22.3. The van der Waals surface area contributed by atoms with Gasteiger partial charge in [0.2, 0.25) is 5.91 Å². The predicted molar refractivity (Wildman–Crippen MR) is 146 cm³/mol. The lowest BCUT2D eigenvalue weighted by molar-refractivity contribution is -0.122. The summed E-state index contributed by atoms with van der Waals surface area (Å²) in [5, 5.41) is 15.3. The normalized spacial score (nSPS) is 20.0. The average molecular weight is 545 g/mol. The highest BCUT2D eigenvalue weighted by Gasteiger charge is 2.34. The molecule has 0 radical (unpaired) electrons. The van der Waals surface area contributed by atoms with Crippen LogP contribution in [-0.4, -0.2) is 71.1 Å². The maximum absolute atomic E-state index is 12.8. The van der Waals surface area contributed by atoms with Gasteiger partial charge in [-0.2, -0.15) is 0 Å². The summed E-state index contributed by atoms with van der Waals surface area (Å²) < 4.78 is 12.3. The number of aromatic nitrogens is 1. The molecule has 2 aromatic carbocycles. The lowest BCUT2D eigenvalue weighted by Crippen LogP contribution is -2.44. The van der Waals surface area contributed by atoms with E-state index in [1.807, 2.05) is 43.3 Å². The van der Waals surface area contributed by atoms with Crippen molar-refractivity contribution in [2.45, 2.75) is 38.5 Å². The van der Waals surface area contributed by atoms with Gasteiger partial charge in [-0.1, -0.05) is 18.2 Å². The first-order valence-electron chi connectivity index (χ1n) is 13.3. The van der Waals surface area contributed by atoms with E-state index in [-0.39, 0.29) is 47.9 Å². The minimum Gasteiger partial charge on any atom is -0.478 e. The molecule has 3 aromatic rings. The number of pyridine rings is 1. The van der Waals surface area contributed by atoms with E-state index in [0.717, 1.165) is 29.9 Å². The highest BCUT2D eigenvalue weighted by Crippen LogP contribution is 2.26. The zero-order chi connectivity index (χ0) is 28.1. The number of nitrogens with zero attached hydrogens (tertiary/aromatic N) is 2. The number of nitrogens with one attached hydrogen (secondary N) is 2. The smallest absolute Gasteiger partial charge is 0.335 e. The van der Waals surface area contributed by atoms with Crippen LogP contribution in [0.4, 0.5) is 0 Å². The summed E-state index contributed by atoms with van der Waals surface area (Å²) in [6, 6.07) is 17.2. The summed E-state index contributed by atoms with van der Waals surface area (Å²) in [4.78, 5) is 44.1. The number of carboxylic acids is 1. The molecular weight excluding hydrogens is 512 g/mol. The van der Waals surface area contributed by atoms with Crippen LogP contribution >= 0.6 is 0 Å². The Kier molecular flexibility index (Phi) is 8.37. The fourth-order valence-corrected chi connectivity index (χ4v) is 4.97. The molecule has 0 saturated carbocycles. The van der Waals surface area contributed by atoms with Crippen molar-refractivity contribution in [3.8, 4) is 11.5 Å². The van der Waals surface area contributed by atoms with Gasteiger partial charge >= 0.3 is 5.97 Å². The topological polar surface area (TPSA) is 130 Å². The second-order valence-corrected chi connectivity index (χ2v) is 10.1. The maximum atomic E-state index is 12.8. The van der Waals surface area contributed by atoms with Crippen LogP contribution in [0.2, 0.25) is 0 Å². The molecule has 0 aliphatic carbocycles. The van der Waals surface area contributed by atoms with Crippen LogP contribution < -0.4 is 15.4 Å². The van der Waals surface area contributed by atoms with E-state index in [0.29, 0.717) is 25.4 Å². The summed E-state index contributed by atoms with van der Waals surface area (Å²) in [6.07, 6.45) is 0.646. The molecule has 10 heteroatoms. The fourth-order valence-electron chi connectivity index (χ4n) is 4.97. The molecule has 3 heterocycles. The molecule has 3 N–H and O–H groups in total. The standard InChI is InChI=1S/C30H32N4O6/c1-19-4-2-6-23(32-19)9-11-34-16-26-27(17-34)39-18-20-5-3-7-24(12-20)40-25-14-21(13-22(15-25)30(37)38)29(36)31-10-8-28(35)33-26/h2-7,12-15,26-27H,8-11,16-18H2,1H3,(H,31,36)(H,33,35)(H,37,38)/t26-,27-/m0/s1. The Morgan fingerprint density at radius 3 is 2.75 bits per heavy atom. The highest BCUT2D eigenvalue weighted by atomic mass is 16.5. The molecule has 208 valence electrons. The van der Waals surface area contributed by atoms with Crippen LogP contribution in [0.3, 0.4) is 0 Å². The van der Waals surface area contributed by atoms with Gasteiger partial charge < -0.3 is 25.2 Å². The number of rotatable bonds is 4. The fraction of sp³-hybridized carbons (Fsp3) is 0.333. The van der Waals surface area contributed by atoms with Crippen LogP contribution in [0, 0.1) is 6.92 Å². The summed E-state index contributed by atoms with van der Waals surface area (Å²) in [5.41, 5.74) is 2.93. The minimum atomic E-state index is -1.18. The van der Waals surface area contributed by atoms with Crippen molar-refractivity contribution in [2.24, 2.45) is 0 Å². The van der Waals surface area contributed by atoms with Crippen molar-refractivity contribution >= 4 is 17.8 Å². The molecular formula is C30H32N4O6. The zero-order valence-electron chi connectivity index (χ0n) is 22.3. The number of ether oxygens (including phenoxy) is 2. The summed E-state index contributed by atoms with van der Waals surface area (Å²) >= 11 is 0. The lowest BCUT2D eigenvalue weighted by Gasteiger charge is -2.20. The number of carbonyl (C=O) groups is 3. The van der Waals surface area contributed by atoms with E-state index in [2.05, 4.69) is 20.5 Å². The van der Waals surface area contributed by atoms with Crippen molar-refractivity contribution in [3.63, 3.8) is 0 Å². The van der Waals surface area contributed by atoms with Gasteiger partial charge in [0.1, 0.15) is 11.5 Å². The van der Waals surface area contributed by atoms with Crippen LogP contribution in [0.15, 0.2) is 60.7 Å². The Labute approximate surface area is 232 Å². The van der Waals surface area contributed by atoms with E-state index in [9.17, 15) is 19.5 Å². The molecule has 40 heavy (non-hydrogen) atoms. The van der Waals surface area contributed by atoms with Gasteiger partial charge in [-0.05, 0) is 55.0 Å². The lowest BCUT2D eigenvalue weighted by atomic mass is 10.1. The minimum absolute atomic E-state index is 0.0743. The number of hydrogen-bond acceptors (Lipinski definition) is 7. The Bertz CT molecular complexity index is 1410. The third-order valence-corrected chi connectivity index (χ3v) is 6.97. The van der Waals surface area contributed by atoms with Crippen LogP contribution in [-0.2, 0) is 22.6 Å². The van der Waals surface area contributed by atoms with Crippen LogP contribution in [0.25, 0.3) is 0 Å². The Morgan fingerprint density at radius 2 is 1.93 bits per heavy atom. The van der Waals surface area contributed by atoms with Crippen LogP contribution in [0.1, 0.15) is 44.1 Å². The number of carbonyl (C=O) groups excluding carboxylic acids is 2. The van der Waals surface area contributed by atoms with Gasteiger partial charge in [-0.15, -0.1) is 0 Å². The first kappa shape index (κ1) is 27.3. The number of aromatic carboxylic acids is 1. The summed E-state index contributed by atoms with van der Waals surface area (Å²) in [6.45, 7) is 4.47. The Morgan fingerprint density at radius 1 is 1.07 bits per heavy atom. The van der Waals surface area contributed by atoms with Crippen molar-refractivity contribution in [1.82, 2.24) is 20.5 Å². The molecule has 2 atom stereocenters. The molecule has 0 unspecified atom stereocenters. The SMILES string of the molecule is Cc1cccc(CCN2C[C@@H]3NC(=O)CCNC(=O)c4cc(cc(C(=O)O)c4)Oc4cccc(c4)CO[C@H]3C2)n1. The van der Waals surface area contributed by atoms with E-state index in [4.69, 9.17) is 9.47 Å². The van der Waals surface area contributed by atoms with Gasteiger partial charge in [0, 0.05) is 56.0 Å². The Balaban J connectivity index is 1.34. The molecule has 2 aliphatic heterocycles. The van der Waals surface area contributed by atoms with Crippen molar-refractivity contribution in [1.29, 1.82) is 0 Å². The maximum Gasteiger partial charge on any atom is 0.335 e. The third-order valence-electron chi connectivity index (χ3n) is 6.97. The first-order chi connectivity index (χ1) is 19.3.